The van der Waals surface area contributed by atoms with E-state index in [4.69, 9.17) is 11.6 Å². The molecule has 46 valence electrons. The van der Waals surface area contributed by atoms with Gasteiger partial charge in [-0.05, 0) is 11.6 Å². The van der Waals surface area contributed by atoms with E-state index in [2.05, 4.69) is 18.2 Å². The Morgan fingerprint density at radius 2 is 2.33 bits per heavy atom. The first-order valence-electron chi connectivity index (χ1n) is 2.78. The first-order chi connectivity index (χ1) is 4.38. The number of fused-ring (bicyclic) bond motifs is 2. The predicted octanol–water partition coefficient (Wildman–Crippen LogP) is 2.95. The summed E-state index contributed by atoms with van der Waals surface area (Å²) in [6, 6.07) is 6.19. The lowest BCUT2D eigenvalue weighted by molar-refractivity contribution is 1.41. The number of benzene rings is 1. The highest BCUT2D eigenvalue weighted by atomic mass is 35.5. The number of hydrogen-bond acceptors (Lipinski definition) is 1. The maximum atomic E-state index is 5.92. The summed E-state index contributed by atoms with van der Waals surface area (Å²) in [5.41, 5.74) is 1.28. The fourth-order valence-electron chi connectivity index (χ4n) is 0.935. The lowest BCUT2D eigenvalue weighted by Crippen LogP contribution is -1.70. The molecular weight excluding hydrogens is 152 g/mol. The molecule has 0 aromatic heterocycles. The van der Waals surface area contributed by atoms with Crippen LogP contribution in [0.25, 0.3) is 0 Å². The van der Waals surface area contributed by atoms with Crippen LogP contribution in [0.5, 0.6) is 0 Å². The minimum absolute atomic E-state index is 0.961. The summed E-state index contributed by atoms with van der Waals surface area (Å²) in [7, 11) is 0. The summed E-state index contributed by atoms with van der Waals surface area (Å²) in [5, 5.41) is 0.961. The molecule has 0 saturated heterocycles. The van der Waals surface area contributed by atoms with E-state index in [-0.39, 0.29) is 0 Å². The Hall–Kier alpha value is -0.140. The zero-order chi connectivity index (χ0) is 6.27. The highest BCUT2D eigenvalue weighted by Crippen LogP contribution is 2.39. The van der Waals surface area contributed by atoms with Crippen LogP contribution in [0.2, 0.25) is 5.02 Å². The molecule has 0 saturated carbocycles. The van der Waals surface area contributed by atoms with Crippen LogP contribution < -0.4 is 0 Å². The zero-order valence-electron chi connectivity index (χ0n) is 4.73. The highest BCUT2D eigenvalue weighted by Gasteiger charge is 2.12. The Balaban J connectivity index is 2.71. The van der Waals surface area contributed by atoms with Crippen molar-refractivity contribution < 1.29 is 0 Å². The number of halogens is 1. The standard InChI is InChI=1S/C7H5ClS/c8-7-5-2-1-3-6(7)9-4-5/h1-3H,4H2. The van der Waals surface area contributed by atoms with Crippen LogP contribution in [0.1, 0.15) is 5.56 Å². The topological polar surface area (TPSA) is 0 Å². The summed E-state index contributed by atoms with van der Waals surface area (Å²) in [5.74, 6) is 1.06. The maximum Gasteiger partial charge on any atom is 0.0582 e. The van der Waals surface area contributed by atoms with E-state index in [0.717, 1.165) is 10.8 Å². The van der Waals surface area contributed by atoms with Crippen molar-refractivity contribution in [2.45, 2.75) is 10.6 Å². The lowest BCUT2D eigenvalue weighted by atomic mass is 10.2. The van der Waals surface area contributed by atoms with Gasteiger partial charge in [0.25, 0.3) is 0 Å². The average molecular weight is 157 g/mol. The third-order valence-electron chi connectivity index (χ3n) is 1.43. The molecule has 1 heterocycles. The fourth-order valence-corrected chi connectivity index (χ4v) is 2.35. The van der Waals surface area contributed by atoms with Crippen LogP contribution in [0, 0.1) is 0 Å². The number of rotatable bonds is 0. The largest absolute Gasteiger partial charge is 0.120 e. The van der Waals surface area contributed by atoms with E-state index in [1.54, 1.807) is 0 Å². The summed E-state index contributed by atoms with van der Waals surface area (Å²) < 4.78 is 0. The lowest BCUT2D eigenvalue weighted by Gasteiger charge is -1.89. The SMILES string of the molecule is Clc1c2cccc1SC2. The molecule has 2 rings (SSSR count). The van der Waals surface area contributed by atoms with Crippen molar-refractivity contribution in [2.75, 3.05) is 0 Å². The van der Waals surface area contributed by atoms with Gasteiger partial charge in [-0.25, -0.2) is 0 Å². The van der Waals surface area contributed by atoms with Gasteiger partial charge < -0.3 is 0 Å². The van der Waals surface area contributed by atoms with Gasteiger partial charge in [-0.15, -0.1) is 11.8 Å². The second kappa shape index (κ2) is 1.93. The Kier molecular flexibility index (Phi) is 1.20. The van der Waals surface area contributed by atoms with Gasteiger partial charge in [-0.1, -0.05) is 23.7 Å². The van der Waals surface area contributed by atoms with Crippen LogP contribution in [0.15, 0.2) is 23.1 Å². The Morgan fingerprint density at radius 3 is 3.00 bits per heavy atom. The van der Waals surface area contributed by atoms with Crippen LogP contribution in [0.3, 0.4) is 0 Å². The molecule has 2 bridgehead atoms. The van der Waals surface area contributed by atoms with E-state index in [1.165, 1.54) is 10.5 Å². The summed E-state index contributed by atoms with van der Waals surface area (Å²) in [6.07, 6.45) is 0. The minimum Gasteiger partial charge on any atom is -0.120 e. The molecule has 1 aliphatic heterocycles. The van der Waals surface area contributed by atoms with E-state index >= 15 is 0 Å². The predicted molar refractivity (Wildman–Crippen MR) is 41.0 cm³/mol. The first kappa shape index (κ1) is 5.63. The molecule has 2 heteroatoms. The van der Waals surface area contributed by atoms with Crippen LogP contribution in [-0.4, -0.2) is 0 Å². The maximum absolute atomic E-state index is 5.92. The molecule has 0 N–H and O–H groups in total. The van der Waals surface area contributed by atoms with Crippen LogP contribution in [0.4, 0.5) is 0 Å². The molecule has 0 radical (unpaired) electrons. The molecule has 0 amide bonds. The van der Waals surface area contributed by atoms with Crippen molar-refractivity contribution in [2.24, 2.45) is 0 Å². The van der Waals surface area contributed by atoms with Crippen molar-refractivity contribution in [3.05, 3.63) is 28.8 Å². The van der Waals surface area contributed by atoms with E-state index < -0.39 is 0 Å². The average Bonchev–Trinajstić information content (AvgIpc) is 2.19. The summed E-state index contributed by atoms with van der Waals surface area (Å²) in [4.78, 5) is 1.23. The molecule has 1 aromatic carbocycles. The van der Waals surface area contributed by atoms with Gasteiger partial charge in [0.1, 0.15) is 0 Å². The third kappa shape index (κ3) is 0.759. The van der Waals surface area contributed by atoms with Gasteiger partial charge in [0, 0.05) is 10.6 Å². The fraction of sp³-hybridized carbons (Fsp3) is 0.143. The molecule has 0 aliphatic carbocycles. The Labute approximate surface area is 63.2 Å². The van der Waals surface area contributed by atoms with Crippen LogP contribution >= 0.6 is 23.4 Å². The molecule has 1 aliphatic rings. The van der Waals surface area contributed by atoms with E-state index in [0.29, 0.717) is 0 Å². The summed E-state index contributed by atoms with van der Waals surface area (Å²) >= 11 is 7.73. The van der Waals surface area contributed by atoms with Crippen molar-refractivity contribution in [3.8, 4) is 0 Å². The molecule has 0 spiro atoms. The molecular formula is C7H5ClS. The normalized spacial score (nSPS) is 14.3. The number of thioether (sulfide) groups is 1. The van der Waals surface area contributed by atoms with Crippen molar-refractivity contribution in [3.63, 3.8) is 0 Å². The Bertz CT molecular complexity index is 222. The van der Waals surface area contributed by atoms with Gasteiger partial charge in [0.05, 0.1) is 5.02 Å². The monoisotopic (exact) mass is 156 g/mol. The van der Waals surface area contributed by atoms with Crippen molar-refractivity contribution >= 4 is 23.4 Å². The smallest absolute Gasteiger partial charge is 0.0582 e. The van der Waals surface area contributed by atoms with Crippen molar-refractivity contribution in [1.82, 2.24) is 0 Å². The van der Waals surface area contributed by atoms with Gasteiger partial charge in [-0.3, -0.25) is 0 Å². The molecule has 0 fully saturated rings. The quantitative estimate of drug-likeness (QED) is 0.557. The van der Waals surface area contributed by atoms with Gasteiger partial charge in [-0.2, -0.15) is 0 Å². The van der Waals surface area contributed by atoms with Crippen LogP contribution in [-0.2, 0) is 5.75 Å². The first-order valence-corrected chi connectivity index (χ1v) is 4.14. The highest BCUT2D eigenvalue weighted by molar-refractivity contribution is 7.99. The van der Waals surface area contributed by atoms with E-state index in [1.807, 2.05) is 11.8 Å². The molecule has 0 nitrogen and oxygen atoms in total. The van der Waals surface area contributed by atoms with E-state index in [9.17, 15) is 0 Å². The van der Waals surface area contributed by atoms with Gasteiger partial charge >= 0.3 is 0 Å². The molecule has 0 atom stereocenters. The minimum atomic E-state index is 0.961. The molecule has 0 unspecified atom stereocenters. The van der Waals surface area contributed by atoms with Gasteiger partial charge in [0.2, 0.25) is 0 Å². The second-order valence-electron chi connectivity index (χ2n) is 2.02. The summed E-state index contributed by atoms with van der Waals surface area (Å²) in [6.45, 7) is 0. The molecule has 9 heavy (non-hydrogen) atoms. The van der Waals surface area contributed by atoms with Crippen molar-refractivity contribution in [1.29, 1.82) is 0 Å². The number of hydrogen-bond donors (Lipinski definition) is 0. The second-order valence-corrected chi connectivity index (χ2v) is 3.41. The third-order valence-corrected chi connectivity index (χ3v) is 3.09. The van der Waals surface area contributed by atoms with Gasteiger partial charge in [0.15, 0.2) is 0 Å². The molecule has 1 aromatic rings. The zero-order valence-corrected chi connectivity index (χ0v) is 6.30. The Morgan fingerprint density at radius 1 is 1.44 bits per heavy atom.